The summed E-state index contributed by atoms with van der Waals surface area (Å²) in [6, 6.07) is 9.79. The Bertz CT molecular complexity index is 744. The molecule has 2 N–H and O–H groups in total. The number of rotatable bonds is 4. The lowest BCUT2D eigenvalue weighted by Gasteiger charge is -2.00. The molecule has 0 fully saturated rings. The van der Waals surface area contributed by atoms with Gasteiger partial charge in [0.05, 0.1) is 11.1 Å². The van der Waals surface area contributed by atoms with Crippen molar-refractivity contribution in [1.29, 1.82) is 0 Å². The lowest BCUT2D eigenvalue weighted by Crippen LogP contribution is -2.17. The first-order valence-corrected chi connectivity index (χ1v) is 6.41. The van der Waals surface area contributed by atoms with E-state index in [9.17, 15) is 14.9 Å². The summed E-state index contributed by atoms with van der Waals surface area (Å²) < 4.78 is 0. The SMILES string of the molecule is O=C(N/N=C/c1ccc(Cl)c([N+](=O)[O-])c1)c1ccc(O)cc1. The number of carbonyl (C=O) groups excluding carboxylic acids is 1. The standard InChI is InChI=1S/C14H10ClN3O4/c15-12-6-1-9(7-13(12)18(21)22)8-16-17-14(20)10-2-4-11(19)5-3-10/h1-8,19H,(H,17,20)/b16-8+. The molecule has 22 heavy (non-hydrogen) atoms. The number of amides is 1. The summed E-state index contributed by atoms with van der Waals surface area (Å²) in [5.74, 6) is -0.423. The zero-order valence-electron chi connectivity index (χ0n) is 11.1. The fraction of sp³-hybridized carbons (Fsp3) is 0. The van der Waals surface area contributed by atoms with Gasteiger partial charge >= 0.3 is 0 Å². The van der Waals surface area contributed by atoms with E-state index in [4.69, 9.17) is 16.7 Å². The molecule has 2 aromatic rings. The minimum absolute atomic E-state index is 0.0234. The fourth-order valence-electron chi connectivity index (χ4n) is 1.59. The van der Waals surface area contributed by atoms with Crippen LogP contribution in [0.3, 0.4) is 0 Å². The normalized spacial score (nSPS) is 10.6. The van der Waals surface area contributed by atoms with E-state index < -0.39 is 10.8 Å². The Morgan fingerprint density at radius 2 is 1.95 bits per heavy atom. The average molecular weight is 320 g/mol. The smallest absolute Gasteiger partial charge is 0.288 e. The van der Waals surface area contributed by atoms with Gasteiger partial charge in [0.2, 0.25) is 0 Å². The number of benzene rings is 2. The van der Waals surface area contributed by atoms with Gasteiger partial charge in [-0.25, -0.2) is 5.43 Å². The topological polar surface area (TPSA) is 105 Å². The van der Waals surface area contributed by atoms with Crippen LogP contribution in [-0.2, 0) is 0 Å². The Labute approximate surface area is 130 Å². The minimum Gasteiger partial charge on any atom is -0.508 e. The van der Waals surface area contributed by atoms with Crippen LogP contribution in [-0.4, -0.2) is 22.2 Å². The largest absolute Gasteiger partial charge is 0.508 e. The molecule has 0 aliphatic heterocycles. The average Bonchev–Trinajstić information content (AvgIpc) is 2.49. The van der Waals surface area contributed by atoms with Crippen LogP contribution in [0.5, 0.6) is 5.75 Å². The Hall–Kier alpha value is -2.93. The van der Waals surface area contributed by atoms with Gasteiger partial charge in [0, 0.05) is 17.2 Å². The first kappa shape index (κ1) is 15.5. The molecule has 0 aromatic heterocycles. The predicted molar refractivity (Wildman–Crippen MR) is 81.3 cm³/mol. The van der Waals surface area contributed by atoms with Crippen LogP contribution in [0.15, 0.2) is 47.6 Å². The van der Waals surface area contributed by atoms with Crippen LogP contribution < -0.4 is 5.43 Å². The summed E-state index contributed by atoms with van der Waals surface area (Å²) in [5.41, 5.74) is 2.77. The number of nitro groups is 1. The first-order chi connectivity index (χ1) is 10.5. The molecular weight excluding hydrogens is 310 g/mol. The van der Waals surface area contributed by atoms with Gasteiger partial charge in [0.15, 0.2) is 0 Å². The number of phenols is 1. The molecule has 0 spiro atoms. The number of hydrogen-bond acceptors (Lipinski definition) is 5. The van der Waals surface area contributed by atoms with Crippen LogP contribution in [0.25, 0.3) is 0 Å². The fourth-order valence-corrected chi connectivity index (χ4v) is 1.78. The zero-order chi connectivity index (χ0) is 16.1. The third kappa shape index (κ3) is 3.80. The van der Waals surface area contributed by atoms with E-state index >= 15 is 0 Å². The summed E-state index contributed by atoms with van der Waals surface area (Å²) in [6.07, 6.45) is 1.27. The van der Waals surface area contributed by atoms with Crippen molar-refractivity contribution in [3.8, 4) is 5.75 Å². The molecule has 0 heterocycles. The van der Waals surface area contributed by atoms with Crippen molar-refractivity contribution in [3.05, 3.63) is 68.7 Å². The number of aromatic hydroxyl groups is 1. The highest BCUT2D eigenvalue weighted by atomic mass is 35.5. The summed E-state index contributed by atoms with van der Waals surface area (Å²) in [4.78, 5) is 21.9. The molecule has 8 heteroatoms. The predicted octanol–water partition coefficient (Wildman–Crippen LogP) is 2.72. The molecule has 0 aliphatic rings. The third-order valence-corrected chi connectivity index (χ3v) is 3.00. The van der Waals surface area contributed by atoms with Crippen molar-refractivity contribution in [3.63, 3.8) is 0 Å². The lowest BCUT2D eigenvalue weighted by atomic mass is 10.2. The van der Waals surface area contributed by atoms with Crippen molar-refractivity contribution < 1.29 is 14.8 Å². The van der Waals surface area contributed by atoms with Gasteiger partial charge in [0.25, 0.3) is 11.6 Å². The van der Waals surface area contributed by atoms with Crippen molar-refractivity contribution in [1.82, 2.24) is 5.43 Å². The second kappa shape index (κ2) is 6.68. The van der Waals surface area contributed by atoms with Crippen molar-refractivity contribution in [2.24, 2.45) is 5.10 Å². The molecule has 0 saturated carbocycles. The first-order valence-electron chi connectivity index (χ1n) is 6.04. The molecule has 2 rings (SSSR count). The summed E-state index contributed by atoms with van der Waals surface area (Å²) >= 11 is 5.69. The summed E-state index contributed by atoms with van der Waals surface area (Å²) in [5, 5.41) is 23.6. The van der Waals surface area contributed by atoms with Gasteiger partial charge in [-0.05, 0) is 30.3 Å². The second-order valence-electron chi connectivity index (χ2n) is 4.21. The number of phenolic OH excluding ortho intramolecular Hbond substituents is 1. The molecular formula is C14H10ClN3O4. The number of nitro benzene ring substituents is 1. The van der Waals surface area contributed by atoms with Crippen LogP contribution in [0.2, 0.25) is 5.02 Å². The van der Waals surface area contributed by atoms with Gasteiger partial charge in [-0.2, -0.15) is 5.10 Å². The van der Waals surface area contributed by atoms with E-state index in [2.05, 4.69) is 10.5 Å². The molecule has 112 valence electrons. The number of hydrogen-bond donors (Lipinski definition) is 2. The molecule has 0 unspecified atom stereocenters. The van der Waals surface area contributed by atoms with Crippen molar-refractivity contribution >= 4 is 29.4 Å². The van der Waals surface area contributed by atoms with E-state index in [1.54, 1.807) is 0 Å². The molecule has 1 amide bonds. The van der Waals surface area contributed by atoms with Gasteiger partial charge in [-0.1, -0.05) is 17.7 Å². The Morgan fingerprint density at radius 1 is 1.27 bits per heavy atom. The molecule has 7 nitrogen and oxygen atoms in total. The number of carbonyl (C=O) groups is 1. The maximum atomic E-state index is 11.7. The number of hydrazone groups is 1. The molecule has 2 aromatic carbocycles. The van der Waals surface area contributed by atoms with E-state index in [1.807, 2.05) is 0 Å². The molecule has 0 aliphatic carbocycles. The number of nitrogens with zero attached hydrogens (tertiary/aromatic N) is 2. The highest BCUT2D eigenvalue weighted by Crippen LogP contribution is 2.24. The lowest BCUT2D eigenvalue weighted by molar-refractivity contribution is -0.384. The second-order valence-corrected chi connectivity index (χ2v) is 4.62. The van der Waals surface area contributed by atoms with Crippen LogP contribution >= 0.6 is 11.6 Å². The highest BCUT2D eigenvalue weighted by Gasteiger charge is 2.11. The van der Waals surface area contributed by atoms with Crippen molar-refractivity contribution in [2.45, 2.75) is 0 Å². The summed E-state index contributed by atoms with van der Waals surface area (Å²) in [7, 11) is 0. The number of halogens is 1. The van der Waals surface area contributed by atoms with Crippen LogP contribution in [0.4, 0.5) is 5.69 Å². The summed E-state index contributed by atoms with van der Waals surface area (Å²) in [6.45, 7) is 0. The molecule has 0 saturated heterocycles. The highest BCUT2D eigenvalue weighted by molar-refractivity contribution is 6.32. The molecule has 0 radical (unpaired) electrons. The zero-order valence-corrected chi connectivity index (χ0v) is 11.8. The quantitative estimate of drug-likeness (QED) is 0.513. The minimum atomic E-state index is -0.602. The van der Waals surface area contributed by atoms with Gasteiger partial charge in [-0.15, -0.1) is 0 Å². The van der Waals surface area contributed by atoms with Crippen molar-refractivity contribution in [2.75, 3.05) is 0 Å². The van der Waals surface area contributed by atoms with E-state index in [1.165, 1.54) is 48.7 Å². The Morgan fingerprint density at radius 3 is 2.59 bits per heavy atom. The monoisotopic (exact) mass is 319 g/mol. The van der Waals surface area contributed by atoms with E-state index in [-0.39, 0.29) is 16.5 Å². The van der Waals surface area contributed by atoms with Gasteiger partial charge < -0.3 is 5.11 Å². The van der Waals surface area contributed by atoms with Crippen LogP contribution in [0, 0.1) is 10.1 Å². The van der Waals surface area contributed by atoms with E-state index in [0.717, 1.165) is 0 Å². The Kier molecular flexibility index (Phi) is 4.70. The molecule has 0 bridgehead atoms. The van der Waals surface area contributed by atoms with E-state index in [0.29, 0.717) is 11.1 Å². The Balaban J connectivity index is 2.06. The maximum absolute atomic E-state index is 11.7. The van der Waals surface area contributed by atoms with Gasteiger partial charge in [-0.3, -0.25) is 14.9 Å². The number of nitrogens with one attached hydrogen (secondary N) is 1. The van der Waals surface area contributed by atoms with Gasteiger partial charge in [0.1, 0.15) is 10.8 Å². The van der Waals surface area contributed by atoms with Crippen LogP contribution in [0.1, 0.15) is 15.9 Å². The maximum Gasteiger partial charge on any atom is 0.288 e. The third-order valence-electron chi connectivity index (χ3n) is 2.68. The molecule has 0 atom stereocenters.